The molecule has 20 heavy (non-hydrogen) atoms. The summed E-state index contributed by atoms with van der Waals surface area (Å²) in [5, 5.41) is 19.4. The first kappa shape index (κ1) is 14.7. The van der Waals surface area contributed by atoms with Crippen LogP contribution in [0.2, 0.25) is 0 Å². The van der Waals surface area contributed by atoms with Crippen LogP contribution in [-0.2, 0) is 30.1 Å². The maximum Gasteiger partial charge on any atom is 0.260 e. The summed E-state index contributed by atoms with van der Waals surface area (Å²) in [4.78, 5) is 0. The number of hydrogen-bond acceptors (Lipinski definition) is 5. The number of rotatable bonds is 6. The highest BCUT2D eigenvalue weighted by atomic mass is 32.2. The average molecular weight is 299 g/mol. The molecule has 0 aliphatic rings. The van der Waals surface area contributed by atoms with E-state index in [1.807, 2.05) is 6.20 Å². The van der Waals surface area contributed by atoms with Gasteiger partial charge >= 0.3 is 0 Å². The van der Waals surface area contributed by atoms with E-state index >= 15 is 0 Å². The molecule has 0 saturated heterocycles. The van der Waals surface area contributed by atoms with Gasteiger partial charge in [0.25, 0.3) is 10.0 Å². The molecule has 0 aliphatic heterocycles. The van der Waals surface area contributed by atoms with E-state index in [2.05, 4.69) is 20.0 Å². The van der Waals surface area contributed by atoms with Gasteiger partial charge in [-0.15, -0.1) is 0 Å². The van der Waals surface area contributed by atoms with Crippen LogP contribution in [0, 0.1) is 6.92 Å². The van der Waals surface area contributed by atoms with E-state index in [1.165, 1.54) is 0 Å². The second-order valence-corrected chi connectivity index (χ2v) is 6.14. The standard InChI is InChI=1S/C11H17N5O3S/c1-8-10(7-17)11(15-14-8)20(18,19)13-4-3-9-5-12-16(2)6-9/h5-6,13,17H,3-4,7H2,1-2H3,(H,14,15). The van der Waals surface area contributed by atoms with Crippen molar-refractivity contribution < 1.29 is 13.5 Å². The lowest BCUT2D eigenvalue weighted by atomic mass is 10.3. The Labute approximate surface area is 116 Å². The minimum Gasteiger partial charge on any atom is -0.392 e. The van der Waals surface area contributed by atoms with Crippen molar-refractivity contribution in [1.29, 1.82) is 0 Å². The van der Waals surface area contributed by atoms with Crippen LogP contribution in [0.3, 0.4) is 0 Å². The summed E-state index contributed by atoms with van der Waals surface area (Å²) in [6.45, 7) is 1.53. The largest absolute Gasteiger partial charge is 0.392 e. The lowest BCUT2D eigenvalue weighted by Gasteiger charge is -2.05. The highest BCUT2D eigenvalue weighted by molar-refractivity contribution is 7.89. The minimum atomic E-state index is -3.73. The Balaban J connectivity index is 2.04. The Kier molecular flexibility index (Phi) is 4.21. The average Bonchev–Trinajstić information content (AvgIpc) is 2.95. The Morgan fingerprint density at radius 2 is 2.25 bits per heavy atom. The Morgan fingerprint density at radius 1 is 1.50 bits per heavy atom. The van der Waals surface area contributed by atoms with Gasteiger partial charge in [0, 0.05) is 31.0 Å². The lowest BCUT2D eigenvalue weighted by Crippen LogP contribution is -2.27. The van der Waals surface area contributed by atoms with E-state index in [0.29, 0.717) is 17.7 Å². The van der Waals surface area contributed by atoms with E-state index < -0.39 is 10.0 Å². The van der Waals surface area contributed by atoms with Gasteiger partial charge in [0.2, 0.25) is 0 Å². The number of sulfonamides is 1. The highest BCUT2D eigenvalue weighted by Gasteiger charge is 2.22. The van der Waals surface area contributed by atoms with Crippen molar-refractivity contribution in [3.8, 4) is 0 Å². The summed E-state index contributed by atoms with van der Waals surface area (Å²) in [5.74, 6) is 0. The van der Waals surface area contributed by atoms with E-state index in [9.17, 15) is 13.5 Å². The van der Waals surface area contributed by atoms with Gasteiger partial charge in [0.1, 0.15) is 0 Å². The number of aliphatic hydroxyl groups is 1. The predicted octanol–water partition coefficient (Wildman–Crippen LogP) is -0.535. The van der Waals surface area contributed by atoms with E-state index in [4.69, 9.17) is 0 Å². The van der Waals surface area contributed by atoms with Crippen molar-refractivity contribution in [2.75, 3.05) is 6.54 Å². The third-order valence-corrected chi connectivity index (χ3v) is 4.34. The van der Waals surface area contributed by atoms with E-state index in [-0.39, 0.29) is 18.2 Å². The van der Waals surface area contributed by atoms with Crippen LogP contribution in [0.15, 0.2) is 17.4 Å². The topological polar surface area (TPSA) is 113 Å². The molecule has 0 radical (unpaired) electrons. The van der Waals surface area contributed by atoms with Crippen LogP contribution in [-0.4, -0.2) is 40.0 Å². The molecule has 3 N–H and O–H groups in total. The molecule has 0 aromatic carbocycles. The van der Waals surface area contributed by atoms with Gasteiger partial charge < -0.3 is 5.11 Å². The number of aryl methyl sites for hydroxylation is 2. The number of aromatic amines is 1. The first-order valence-electron chi connectivity index (χ1n) is 6.06. The second kappa shape index (κ2) is 5.73. The summed E-state index contributed by atoms with van der Waals surface area (Å²) in [7, 11) is -1.93. The number of nitrogens with one attached hydrogen (secondary N) is 2. The summed E-state index contributed by atoms with van der Waals surface area (Å²) < 4.78 is 28.3. The summed E-state index contributed by atoms with van der Waals surface area (Å²) in [5.41, 5.74) is 1.77. The molecule has 9 heteroatoms. The fourth-order valence-corrected chi connectivity index (χ4v) is 3.05. The number of H-pyrrole nitrogens is 1. The number of aliphatic hydroxyl groups excluding tert-OH is 1. The van der Waals surface area contributed by atoms with Crippen molar-refractivity contribution in [2.45, 2.75) is 25.0 Å². The third-order valence-electron chi connectivity index (χ3n) is 2.91. The van der Waals surface area contributed by atoms with Crippen molar-refractivity contribution in [1.82, 2.24) is 24.7 Å². The first-order valence-corrected chi connectivity index (χ1v) is 7.54. The van der Waals surface area contributed by atoms with Crippen LogP contribution in [0.1, 0.15) is 16.8 Å². The molecule has 0 aliphatic carbocycles. The van der Waals surface area contributed by atoms with E-state index in [1.54, 1.807) is 24.9 Å². The Bertz CT molecular complexity index is 689. The fraction of sp³-hybridized carbons (Fsp3) is 0.455. The van der Waals surface area contributed by atoms with Gasteiger partial charge in [-0.25, -0.2) is 13.1 Å². The zero-order valence-electron chi connectivity index (χ0n) is 11.3. The number of nitrogens with zero attached hydrogens (tertiary/aromatic N) is 3. The molecule has 2 heterocycles. The normalized spacial score (nSPS) is 11.9. The van der Waals surface area contributed by atoms with Crippen molar-refractivity contribution in [3.05, 3.63) is 29.2 Å². The zero-order chi connectivity index (χ0) is 14.8. The maximum absolute atomic E-state index is 12.1. The first-order chi connectivity index (χ1) is 9.44. The zero-order valence-corrected chi connectivity index (χ0v) is 12.1. The highest BCUT2D eigenvalue weighted by Crippen LogP contribution is 2.15. The Morgan fingerprint density at radius 3 is 2.85 bits per heavy atom. The minimum absolute atomic E-state index is 0.149. The molecule has 0 fully saturated rings. The Hall–Kier alpha value is -1.71. The molecule has 2 aromatic rings. The quantitative estimate of drug-likeness (QED) is 0.663. The van der Waals surface area contributed by atoms with Gasteiger partial charge in [-0.05, 0) is 18.9 Å². The van der Waals surface area contributed by atoms with Gasteiger partial charge in [-0.3, -0.25) is 9.78 Å². The smallest absolute Gasteiger partial charge is 0.260 e. The van der Waals surface area contributed by atoms with Crippen LogP contribution < -0.4 is 4.72 Å². The van der Waals surface area contributed by atoms with Gasteiger partial charge in [0.05, 0.1) is 12.8 Å². The summed E-state index contributed by atoms with van der Waals surface area (Å²) in [6.07, 6.45) is 4.04. The molecule has 2 aromatic heterocycles. The fourth-order valence-electron chi connectivity index (χ4n) is 1.84. The molecular weight excluding hydrogens is 282 g/mol. The lowest BCUT2D eigenvalue weighted by molar-refractivity contribution is 0.277. The van der Waals surface area contributed by atoms with Gasteiger partial charge in [-0.1, -0.05) is 0 Å². The SMILES string of the molecule is Cc1[nH]nc(S(=O)(=O)NCCc2cnn(C)c2)c1CO. The summed E-state index contributed by atoms with van der Waals surface area (Å²) in [6, 6.07) is 0. The summed E-state index contributed by atoms with van der Waals surface area (Å²) >= 11 is 0. The van der Waals surface area contributed by atoms with Crippen LogP contribution in [0.25, 0.3) is 0 Å². The molecular formula is C11H17N5O3S. The maximum atomic E-state index is 12.1. The van der Waals surface area contributed by atoms with Crippen molar-refractivity contribution >= 4 is 10.0 Å². The molecule has 110 valence electrons. The molecule has 0 spiro atoms. The van der Waals surface area contributed by atoms with Crippen molar-refractivity contribution in [2.24, 2.45) is 7.05 Å². The van der Waals surface area contributed by atoms with Crippen LogP contribution >= 0.6 is 0 Å². The predicted molar refractivity (Wildman–Crippen MR) is 71.3 cm³/mol. The van der Waals surface area contributed by atoms with Crippen LogP contribution in [0.5, 0.6) is 0 Å². The molecule has 0 amide bonds. The third kappa shape index (κ3) is 3.06. The van der Waals surface area contributed by atoms with E-state index in [0.717, 1.165) is 5.56 Å². The molecule has 0 atom stereocenters. The molecule has 8 nitrogen and oxygen atoms in total. The van der Waals surface area contributed by atoms with Gasteiger partial charge in [0.15, 0.2) is 5.03 Å². The van der Waals surface area contributed by atoms with Gasteiger partial charge in [-0.2, -0.15) is 10.2 Å². The van der Waals surface area contributed by atoms with Crippen LogP contribution in [0.4, 0.5) is 0 Å². The molecule has 2 rings (SSSR count). The molecule has 0 saturated carbocycles. The second-order valence-electron chi connectivity index (χ2n) is 4.46. The number of aromatic nitrogens is 4. The van der Waals surface area contributed by atoms with Crippen molar-refractivity contribution in [3.63, 3.8) is 0 Å². The number of hydrogen-bond donors (Lipinski definition) is 3. The monoisotopic (exact) mass is 299 g/mol. The molecule has 0 unspecified atom stereocenters. The molecule has 0 bridgehead atoms.